The number of anilines is 9. The zero-order valence-electron chi connectivity index (χ0n) is 69.7. The highest BCUT2D eigenvalue weighted by Gasteiger charge is 2.46. The quantitative estimate of drug-likeness (QED) is 0.114. The van der Waals surface area contributed by atoms with Gasteiger partial charge in [-0.05, 0) is 234 Å². The van der Waals surface area contributed by atoms with Gasteiger partial charge >= 0.3 is 0 Å². The highest BCUT2D eigenvalue weighted by Crippen LogP contribution is 2.55. The molecule has 0 amide bonds. The second kappa shape index (κ2) is 28.2. The molecule has 0 spiro atoms. The first-order valence-electron chi connectivity index (χ1n) is 42.6. The maximum Gasteiger partial charge on any atom is 0.252 e. The molecule has 580 valence electrons. The zero-order chi connectivity index (χ0) is 81.7. The molecule has 20 aromatic rings. The molecule has 0 unspecified atom stereocenters. The molecule has 7 heteroatoms. The number of nitrogens with zero attached hydrogens (tertiary/aromatic N) is 6. The standard InChI is InChI=1S/C114H91BN6/c1-112(2,3)80-51-61-104-96(66-80)97-67-81(113(4,5)6)52-62-105(97)119(104)89-72-108-110-109(73-89)121(111-94(76-37-19-12-20-38-76)68-82(114(7,8)9)69-95(111)77-39-21-13-22-40-77)107-70-86(116(83-41-23-14-24-42-83)84-53-55-85(56-54-84)117-100-47-29-25-43-90(100)91-44-26-30-48-101(91)117)57-59-99(107)115(110)98-60-58-87(118-102-49-31-27-45-92(102)93-46-28-32-50-103(93)118)71-106(98)120(108)88-64-78(74-33-15-10-16-34-74)63-79(65-88)75-35-17-11-18-36-75/h10-73H,1-9H3. The molecule has 0 bridgehead atoms. The molecule has 121 heavy (non-hydrogen) atoms. The van der Waals surface area contributed by atoms with Gasteiger partial charge < -0.3 is 28.4 Å². The van der Waals surface area contributed by atoms with Gasteiger partial charge in [-0.3, -0.25) is 0 Å². The van der Waals surface area contributed by atoms with Gasteiger partial charge in [0.2, 0.25) is 0 Å². The van der Waals surface area contributed by atoms with E-state index in [0.717, 1.165) is 135 Å². The van der Waals surface area contributed by atoms with Gasteiger partial charge in [0.15, 0.2) is 0 Å². The molecule has 2 aliphatic heterocycles. The number of hydrogen-bond acceptors (Lipinski definition) is 3. The van der Waals surface area contributed by atoms with Gasteiger partial charge in [0.1, 0.15) is 0 Å². The fourth-order valence-corrected chi connectivity index (χ4v) is 19.6. The van der Waals surface area contributed by atoms with E-state index in [1.807, 2.05) is 0 Å². The normalized spacial score (nSPS) is 12.8. The van der Waals surface area contributed by atoms with E-state index in [-0.39, 0.29) is 23.0 Å². The van der Waals surface area contributed by atoms with E-state index in [1.165, 1.54) is 76.4 Å². The van der Waals surface area contributed by atoms with Gasteiger partial charge in [-0.2, -0.15) is 0 Å². The van der Waals surface area contributed by atoms with Crippen molar-refractivity contribution in [2.75, 3.05) is 14.7 Å². The van der Waals surface area contributed by atoms with Crippen molar-refractivity contribution >= 4 is 140 Å². The smallest absolute Gasteiger partial charge is 0.252 e. The van der Waals surface area contributed by atoms with Crippen LogP contribution in [0.2, 0.25) is 0 Å². The van der Waals surface area contributed by atoms with Crippen LogP contribution in [0.3, 0.4) is 0 Å². The molecule has 22 rings (SSSR count). The third kappa shape index (κ3) is 12.1. The first-order valence-corrected chi connectivity index (χ1v) is 42.6. The molecular formula is C114H91BN6. The topological polar surface area (TPSA) is 24.5 Å². The predicted octanol–water partition coefficient (Wildman–Crippen LogP) is 29.1. The Bertz CT molecular complexity index is 7210. The van der Waals surface area contributed by atoms with Crippen LogP contribution in [0.15, 0.2) is 388 Å². The molecule has 0 fully saturated rings. The number of rotatable bonds is 12. The van der Waals surface area contributed by atoms with Crippen molar-refractivity contribution in [3.63, 3.8) is 0 Å². The Labute approximate surface area is 708 Å². The SMILES string of the molecule is CC(C)(C)c1cc(-c2ccccc2)c(N2c3cc(N(c4ccccc4)c4ccc(-n5c6ccccc6c6ccccc65)cc4)ccc3B3c4ccc(-n5c6ccccc6c6ccccc65)cc4N(c4cc(-c5ccccc5)cc(-c5ccccc5)c4)c4cc(-n5c6ccc(C(C)(C)C)cc6c6cc(C(C)(C)C)ccc65)cc2c43)c(-c2ccccc2)c1. The second-order valence-electron chi connectivity index (χ2n) is 36.1. The Hall–Kier alpha value is -14.4. The minimum Gasteiger partial charge on any atom is -0.311 e. The van der Waals surface area contributed by atoms with Gasteiger partial charge in [-0.1, -0.05) is 299 Å². The van der Waals surface area contributed by atoms with Crippen LogP contribution in [-0.4, -0.2) is 20.4 Å². The lowest BCUT2D eigenvalue weighted by molar-refractivity contribution is 0.590. The molecule has 0 saturated heterocycles. The van der Waals surface area contributed by atoms with E-state index in [2.05, 4.69) is 479 Å². The Balaban J connectivity index is 0.904. The summed E-state index contributed by atoms with van der Waals surface area (Å²) in [6, 6.07) is 147. The van der Waals surface area contributed by atoms with Crippen molar-refractivity contribution in [1.29, 1.82) is 0 Å². The van der Waals surface area contributed by atoms with Crippen molar-refractivity contribution in [2.24, 2.45) is 0 Å². The lowest BCUT2D eigenvalue weighted by Gasteiger charge is -2.46. The molecule has 5 heterocycles. The summed E-state index contributed by atoms with van der Waals surface area (Å²) in [5.41, 5.74) is 35.7. The molecule has 0 saturated carbocycles. The van der Waals surface area contributed by atoms with Crippen LogP contribution < -0.4 is 31.1 Å². The lowest BCUT2D eigenvalue weighted by Crippen LogP contribution is -2.61. The maximum atomic E-state index is 2.73. The van der Waals surface area contributed by atoms with Gasteiger partial charge in [-0.15, -0.1) is 0 Å². The number of benzene rings is 17. The Morgan fingerprint density at radius 1 is 0.223 bits per heavy atom. The molecule has 0 N–H and O–H groups in total. The Morgan fingerprint density at radius 3 is 1.04 bits per heavy atom. The average molecular weight is 1560 g/mol. The van der Waals surface area contributed by atoms with Crippen LogP contribution in [0.4, 0.5) is 51.2 Å². The molecular weight excluding hydrogens is 1460 g/mol. The van der Waals surface area contributed by atoms with E-state index < -0.39 is 0 Å². The van der Waals surface area contributed by atoms with Crippen molar-refractivity contribution in [1.82, 2.24) is 13.7 Å². The van der Waals surface area contributed by atoms with Crippen molar-refractivity contribution < 1.29 is 0 Å². The maximum absolute atomic E-state index is 2.73. The lowest BCUT2D eigenvalue weighted by atomic mass is 9.33. The third-order valence-electron chi connectivity index (χ3n) is 25.6. The van der Waals surface area contributed by atoms with E-state index in [0.29, 0.717) is 0 Å². The minimum atomic E-state index is -0.324. The molecule has 0 radical (unpaired) electrons. The van der Waals surface area contributed by atoms with Crippen molar-refractivity contribution in [3.05, 3.63) is 405 Å². The summed E-state index contributed by atoms with van der Waals surface area (Å²) in [7, 11) is 0. The molecule has 6 nitrogen and oxygen atoms in total. The highest BCUT2D eigenvalue weighted by molar-refractivity contribution is 7.00. The van der Waals surface area contributed by atoms with E-state index >= 15 is 0 Å². The molecule has 0 aliphatic carbocycles. The number of para-hydroxylation sites is 5. The van der Waals surface area contributed by atoms with E-state index in [9.17, 15) is 0 Å². The summed E-state index contributed by atoms with van der Waals surface area (Å²) < 4.78 is 7.52. The first-order chi connectivity index (χ1) is 58.9. The zero-order valence-corrected chi connectivity index (χ0v) is 69.7. The summed E-state index contributed by atoms with van der Waals surface area (Å²) in [5.74, 6) is 0. The summed E-state index contributed by atoms with van der Waals surface area (Å²) in [4.78, 5) is 7.88. The Kier molecular flexibility index (Phi) is 17.0. The van der Waals surface area contributed by atoms with Crippen LogP contribution in [0, 0.1) is 0 Å². The molecule has 17 aromatic carbocycles. The van der Waals surface area contributed by atoms with Gasteiger partial charge in [-0.25, -0.2) is 0 Å². The van der Waals surface area contributed by atoms with Crippen LogP contribution in [0.1, 0.15) is 79.0 Å². The fraction of sp³-hybridized carbons (Fsp3) is 0.105. The van der Waals surface area contributed by atoms with Crippen LogP contribution in [0.25, 0.3) is 127 Å². The van der Waals surface area contributed by atoms with Gasteiger partial charge in [0.05, 0.1) is 44.5 Å². The average Bonchev–Trinajstić information content (AvgIpc) is 1.06. The van der Waals surface area contributed by atoms with E-state index in [4.69, 9.17) is 0 Å². The van der Waals surface area contributed by atoms with Crippen molar-refractivity contribution in [3.8, 4) is 61.6 Å². The van der Waals surface area contributed by atoms with E-state index in [1.54, 1.807) is 0 Å². The summed E-state index contributed by atoms with van der Waals surface area (Å²) in [6.45, 7) is 20.8. The number of hydrogen-bond donors (Lipinski definition) is 0. The Morgan fingerprint density at radius 2 is 0.579 bits per heavy atom. The highest BCUT2D eigenvalue weighted by atomic mass is 15.2. The number of fused-ring (bicyclic) bond motifs is 13. The third-order valence-corrected chi connectivity index (χ3v) is 25.6. The number of aromatic nitrogens is 3. The molecule has 3 aromatic heterocycles. The van der Waals surface area contributed by atoms with Gasteiger partial charge in [0, 0.05) is 100 Å². The van der Waals surface area contributed by atoms with Gasteiger partial charge in [0.25, 0.3) is 6.71 Å². The van der Waals surface area contributed by atoms with Crippen LogP contribution in [-0.2, 0) is 16.2 Å². The molecule has 2 aliphatic rings. The first kappa shape index (κ1) is 73.0. The minimum absolute atomic E-state index is 0.122. The van der Waals surface area contributed by atoms with Crippen LogP contribution in [0.5, 0.6) is 0 Å². The summed E-state index contributed by atoms with van der Waals surface area (Å²) in [6.07, 6.45) is 0. The van der Waals surface area contributed by atoms with Crippen LogP contribution >= 0.6 is 0 Å². The summed E-state index contributed by atoms with van der Waals surface area (Å²) >= 11 is 0. The predicted molar refractivity (Wildman–Crippen MR) is 516 cm³/mol. The monoisotopic (exact) mass is 1550 g/mol. The molecule has 0 atom stereocenters. The van der Waals surface area contributed by atoms with Crippen molar-refractivity contribution in [2.45, 2.75) is 78.6 Å². The second-order valence-corrected chi connectivity index (χ2v) is 36.1. The fourth-order valence-electron chi connectivity index (χ4n) is 19.6. The summed E-state index contributed by atoms with van der Waals surface area (Å²) in [5, 5.41) is 7.35. The largest absolute Gasteiger partial charge is 0.311 e.